The third-order valence-electron chi connectivity index (χ3n) is 1.69. The van der Waals surface area contributed by atoms with Gasteiger partial charge in [0, 0.05) is 5.10 Å². The number of ether oxygens (including phenoxy) is 1. The van der Waals surface area contributed by atoms with Crippen LogP contribution in [-0.4, -0.2) is 26.3 Å². The van der Waals surface area contributed by atoms with Gasteiger partial charge in [-0.05, 0) is 11.8 Å². The van der Waals surface area contributed by atoms with E-state index in [4.69, 9.17) is 4.74 Å². The third-order valence-corrected chi connectivity index (χ3v) is 1.69. The van der Waals surface area contributed by atoms with Crippen LogP contribution in [0.3, 0.4) is 0 Å². The van der Waals surface area contributed by atoms with E-state index in [1.54, 1.807) is 6.92 Å². The molecule has 1 aromatic heterocycles. The van der Waals surface area contributed by atoms with E-state index >= 15 is 0 Å². The molecule has 0 spiro atoms. The highest BCUT2D eigenvalue weighted by atomic mass is 16.6. The van der Waals surface area contributed by atoms with E-state index in [1.807, 2.05) is 0 Å². The smallest absolute Gasteiger partial charge is 0.390 e. The highest BCUT2D eigenvalue weighted by Crippen LogP contribution is 2.30. The van der Waals surface area contributed by atoms with Crippen molar-refractivity contribution in [3.05, 3.63) is 16.4 Å². The maximum atomic E-state index is 10.2. The van der Waals surface area contributed by atoms with Crippen LogP contribution in [0.25, 0.3) is 0 Å². The molecule has 0 saturated carbocycles. The summed E-state index contributed by atoms with van der Waals surface area (Å²) in [6.07, 6.45) is 1.30. The van der Waals surface area contributed by atoms with E-state index in [0.717, 1.165) is 0 Å². The summed E-state index contributed by atoms with van der Waals surface area (Å²) in [6.45, 7) is 2.30. The van der Waals surface area contributed by atoms with Crippen molar-refractivity contribution in [2.45, 2.75) is 12.6 Å². The molecular formula is C5H6N4O3. The fourth-order valence-electron chi connectivity index (χ4n) is 0.803. The van der Waals surface area contributed by atoms with Crippen LogP contribution in [-0.2, 0) is 10.5 Å². The van der Waals surface area contributed by atoms with E-state index in [2.05, 4.69) is 10.1 Å². The van der Waals surface area contributed by atoms with Gasteiger partial charge in [-0.2, -0.15) is 0 Å². The molecule has 0 N–H and O–H groups in total. The molecule has 2 heterocycles. The van der Waals surface area contributed by atoms with Crippen LogP contribution < -0.4 is 0 Å². The minimum atomic E-state index is -0.637. The maximum absolute atomic E-state index is 10.2. The van der Waals surface area contributed by atoms with Gasteiger partial charge in [0.05, 0.1) is 0 Å². The first-order chi connectivity index (χ1) is 5.62. The second kappa shape index (κ2) is 2.01. The van der Waals surface area contributed by atoms with Crippen molar-refractivity contribution in [1.29, 1.82) is 0 Å². The summed E-state index contributed by atoms with van der Waals surface area (Å²) in [5.74, 6) is -0.397. The van der Waals surface area contributed by atoms with Crippen LogP contribution in [0.1, 0.15) is 6.92 Å². The summed E-state index contributed by atoms with van der Waals surface area (Å²) in [5, 5.41) is 13.8. The molecule has 2 rings (SSSR count). The molecule has 1 unspecified atom stereocenters. The van der Waals surface area contributed by atoms with Crippen LogP contribution in [0.4, 0.5) is 5.95 Å². The first kappa shape index (κ1) is 7.17. The Bertz CT molecular complexity index is 329. The lowest BCUT2D eigenvalue weighted by Crippen LogP contribution is -2.14. The molecule has 12 heavy (non-hydrogen) atoms. The first-order valence-electron chi connectivity index (χ1n) is 3.32. The van der Waals surface area contributed by atoms with Crippen molar-refractivity contribution in [2.75, 3.05) is 6.61 Å². The van der Waals surface area contributed by atoms with Gasteiger partial charge in [-0.15, -0.1) is 4.68 Å². The Labute approximate surface area is 67.1 Å². The van der Waals surface area contributed by atoms with E-state index < -0.39 is 16.6 Å². The molecule has 7 heteroatoms. The van der Waals surface area contributed by atoms with Gasteiger partial charge in [0.2, 0.25) is 6.33 Å². The standard InChI is InChI=1S/C5H6N4O3/c1-5(2-12-5)8-3-6-4(7-8)9(10)11/h3H,2H2,1H3. The highest BCUT2D eigenvalue weighted by Gasteiger charge is 2.45. The Kier molecular flexibility index (Phi) is 1.20. The SMILES string of the molecule is CC1(n2cnc([N+](=O)[O-])n2)CO1. The van der Waals surface area contributed by atoms with E-state index in [0.29, 0.717) is 6.61 Å². The predicted molar refractivity (Wildman–Crippen MR) is 36.3 cm³/mol. The zero-order valence-corrected chi connectivity index (χ0v) is 6.30. The Balaban J connectivity index is 2.30. The summed E-state index contributed by atoms with van der Waals surface area (Å²) in [6, 6.07) is 0. The zero-order valence-electron chi connectivity index (χ0n) is 6.30. The number of aromatic nitrogens is 3. The summed E-state index contributed by atoms with van der Waals surface area (Å²) < 4.78 is 6.37. The van der Waals surface area contributed by atoms with Gasteiger partial charge in [-0.3, -0.25) is 0 Å². The molecule has 0 aliphatic carbocycles. The van der Waals surface area contributed by atoms with Gasteiger partial charge in [-0.1, -0.05) is 4.98 Å². The summed E-state index contributed by atoms with van der Waals surface area (Å²) in [7, 11) is 0. The zero-order chi connectivity index (χ0) is 8.77. The van der Waals surface area contributed by atoms with Crippen LogP contribution >= 0.6 is 0 Å². The molecule has 0 amide bonds. The minimum Gasteiger partial charge on any atom is -0.390 e. The summed E-state index contributed by atoms with van der Waals surface area (Å²) in [4.78, 5) is 13.0. The first-order valence-corrected chi connectivity index (χ1v) is 3.32. The average molecular weight is 170 g/mol. The number of nitrogens with zero attached hydrogens (tertiary/aromatic N) is 4. The molecular weight excluding hydrogens is 164 g/mol. The van der Waals surface area contributed by atoms with Gasteiger partial charge in [0.25, 0.3) is 0 Å². The van der Waals surface area contributed by atoms with Gasteiger partial charge >= 0.3 is 5.95 Å². The molecule has 0 radical (unpaired) electrons. The van der Waals surface area contributed by atoms with Crippen molar-refractivity contribution < 1.29 is 9.66 Å². The topological polar surface area (TPSA) is 86.4 Å². The van der Waals surface area contributed by atoms with Crippen LogP contribution in [0.15, 0.2) is 6.33 Å². The van der Waals surface area contributed by atoms with Gasteiger partial charge < -0.3 is 14.9 Å². The van der Waals surface area contributed by atoms with E-state index in [1.165, 1.54) is 11.0 Å². The Morgan fingerprint density at radius 3 is 3.00 bits per heavy atom. The number of hydrogen-bond acceptors (Lipinski definition) is 5. The van der Waals surface area contributed by atoms with Gasteiger partial charge in [0.1, 0.15) is 6.61 Å². The number of rotatable bonds is 2. The lowest BCUT2D eigenvalue weighted by molar-refractivity contribution is -0.394. The Morgan fingerprint density at radius 2 is 2.58 bits per heavy atom. The van der Waals surface area contributed by atoms with Crippen LogP contribution in [0.2, 0.25) is 0 Å². The second-order valence-corrected chi connectivity index (χ2v) is 2.71. The number of nitro groups is 1. The van der Waals surface area contributed by atoms with Crippen molar-refractivity contribution in [3.8, 4) is 0 Å². The molecule has 1 aliphatic rings. The molecule has 1 saturated heterocycles. The van der Waals surface area contributed by atoms with E-state index in [-0.39, 0.29) is 0 Å². The molecule has 7 nitrogen and oxygen atoms in total. The van der Waals surface area contributed by atoms with E-state index in [9.17, 15) is 10.1 Å². The van der Waals surface area contributed by atoms with Gasteiger partial charge in [0.15, 0.2) is 5.72 Å². The minimum absolute atomic E-state index is 0.397. The van der Waals surface area contributed by atoms with Crippen LogP contribution in [0.5, 0.6) is 0 Å². The van der Waals surface area contributed by atoms with Crippen molar-refractivity contribution in [2.24, 2.45) is 0 Å². The second-order valence-electron chi connectivity index (χ2n) is 2.71. The predicted octanol–water partition coefficient (Wildman–Crippen LogP) is -0.111. The fourth-order valence-corrected chi connectivity index (χ4v) is 0.803. The average Bonchev–Trinajstić information content (AvgIpc) is 2.61. The molecule has 64 valence electrons. The maximum Gasteiger partial charge on any atom is 0.491 e. The molecule has 1 atom stereocenters. The quantitative estimate of drug-likeness (QED) is 0.351. The van der Waals surface area contributed by atoms with Crippen LogP contribution in [0, 0.1) is 10.1 Å². The van der Waals surface area contributed by atoms with Crippen molar-refractivity contribution in [3.63, 3.8) is 0 Å². The monoisotopic (exact) mass is 170 g/mol. The molecule has 0 aromatic carbocycles. The largest absolute Gasteiger partial charge is 0.491 e. The molecule has 1 aromatic rings. The summed E-state index contributed by atoms with van der Waals surface area (Å²) >= 11 is 0. The number of hydrogen-bond donors (Lipinski definition) is 0. The van der Waals surface area contributed by atoms with Gasteiger partial charge in [-0.25, -0.2) is 0 Å². The highest BCUT2D eigenvalue weighted by molar-refractivity contribution is 4.99. The molecule has 0 bridgehead atoms. The molecule has 1 aliphatic heterocycles. The lowest BCUT2D eigenvalue weighted by atomic mass is 10.4. The Hall–Kier alpha value is -1.50. The Morgan fingerprint density at radius 1 is 1.92 bits per heavy atom. The normalized spacial score (nSPS) is 27.1. The van der Waals surface area contributed by atoms with Crippen molar-refractivity contribution in [1.82, 2.24) is 14.8 Å². The molecule has 1 fully saturated rings. The fraction of sp³-hybridized carbons (Fsp3) is 0.600. The van der Waals surface area contributed by atoms with Crippen molar-refractivity contribution >= 4 is 5.95 Å². The third kappa shape index (κ3) is 0.944. The summed E-state index contributed by atoms with van der Waals surface area (Å²) in [5.41, 5.74) is -0.513. The lowest BCUT2D eigenvalue weighted by Gasteiger charge is -1.96. The number of epoxide rings is 1.